The van der Waals surface area contributed by atoms with E-state index in [0.29, 0.717) is 16.9 Å². The second-order valence-electron chi connectivity index (χ2n) is 4.25. The molecule has 0 bridgehead atoms. The van der Waals surface area contributed by atoms with Gasteiger partial charge in [-0.05, 0) is 43.7 Å². The highest BCUT2D eigenvalue weighted by atomic mass is 79.9. The number of halogens is 2. The topological polar surface area (TPSA) is 48.1 Å². The molecule has 0 radical (unpaired) electrons. The van der Waals surface area contributed by atoms with Gasteiger partial charge in [-0.1, -0.05) is 15.9 Å². The second kappa shape index (κ2) is 5.67. The monoisotopic (exact) mass is 324 g/mol. The molecule has 0 unspecified atom stereocenters. The molecule has 0 aliphatic heterocycles. The number of benzene rings is 1. The van der Waals surface area contributed by atoms with Crippen molar-refractivity contribution in [2.24, 2.45) is 5.73 Å². The fourth-order valence-electron chi connectivity index (χ4n) is 1.82. The lowest BCUT2D eigenvalue weighted by atomic mass is 10.1. The zero-order valence-electron chi connectivity index (χ0n) is 10.7. The number of hydrogen-bond acceptors (Lipinski definition) is 3. The van der Waals surface area contributed by atoms with Crippen molar-refractivity contribution in [3.8, 4) is 11.6 Å². The van der Waals surface area contributed by atoms with Crippen molar-refractivity contribution in [2.75, 3.05) is 0 Å². The predicted molar refractivity (Wildman–Crippen MR) is 75.8 cm³/mol. The quantitative estimate of drug-likeness (QED) is 0.932. The summed E-state index contributed by atoms with van der Waals surface area (Å²) >= 11 is 3.20. The minimum Gasteiger partial charge on any atom is -0.436 e. The van der Waals surface area contributed by atoms with Gasteiger partial charge in [0.15, 0.2) is 11.6 Å². The molecule has 0 fully saturated rings. The van der Waals surface area contributed by atoms with E-state index in [4.69, 9.17) is 10.5 Å². The van der Waals surface area contributed by atoms with Crippen LogP contribution in [-0.4, -0.2) is 4.98 Å². The summed E-state index contributed by atoms with van der Waals surface area (Å²) < 4.78 is 20.0. The maximum Gasteiger partial charge on any atom is 0.224 e. The number of nitrogens with two attached hydrogens (primary N) is 1. The molecule has 0 saturated heterocycles. The van der Waals surface area contributed by atoms with Gasteiger partial charge in [0.05, 0.1) is 0 Å². The molecule has 2 aromatic rings. The summed E-state index contributed by atoms with van der Waals surface area (Å²) in [5.41, 5.74) is 8.28. The number of pyridine rings is 1. The largest absolute Gasteiger partial charge is 0.436 e. The van der Waals surface area contributed by atoms with Crippen LogP contribution in [0.5, 0.6) is 11.6 Å². The van der Waals surface area contributed by atoms with E-state index in [1.807, 2.05) is 19.9 Å². The summed E-state index contributed by atoms with van der Waals surface area (Å²) in [4.78, 5) is 4.28. The second-order valence-corrected chi connectivity index (χ2v) is 5.16. The number of ether oxygens (including phenoxy) is 1. The van der Waals surface area contributed by atoms with Crippen LogP contribution in [0, 0.1) is 19.7 Å². The molecule has 5 heteroatoms. The number of aromatic nitrogens is 1. The van der Waals surface area contributed by atoms with E-state index < -0.39 is 5.82 Å². The lowest BCUT2D eigenvalue weighted by molar-refractivity contribution is 0.421. The van der Waals surface area contributed by atoms with Crippen molar-refractivity contribution in [1.29, 1.82) is 0 Å². The van der Waals surface area contributed by atoms with Crippen LogP contribution in [0.2, 0.25) is 0 Å². The first-order valence-corrected chi connectivity index (χ1v) is 6.60. The maximum absolute atomic E-state index is 13.8. The zero-order valence-corrected chi connectivity index (χ0v) is 12.3. The summed E-state index contributed by atoms with van der Waals surface area (Å²) in [5.74, 6) is 0.0509. The third-order valence-corrected chi connectivity index (χ3v) is 3.24. The summed E-state index contributed by atoms with van der Waals surface area (Å²) in [6.07, 6.45) is 0. The molecule has 2 N–H and O–H groups in total. The smallest absolute Gasteiger partial charge is 0.224 e. The van der Waals surface area contributed by atoms with E-state index >= 15 is 0 Å². The standard InChI is InChI=1S/C14H14BrFN2O/c1-8-5-9(2)18-14(11(8)7-17)19-13-4-3-10(15)6-12(13)16/h3-6H,7,17H2,1-2H3. The normalized spacial score (nSPS) is 10.6. The van der Waals surface area contributed by atoms with Gasteiger partial charge in [-0.3, -0.25) is 0 Å². The first-order valence-electron chi connectivity index (χ1n) is 5.81. The lowest BCUT2D eigenvalue weighted by Crippen LogP contribution is -2.05. The van der Waals surface area contributed by atoms with E-state index in [1.54, 1.807) is 12.1 Å². The van der Waals surface area contributed by atoms with Gasteiger partial charge in [0, 0.05) is 22.3 Å². The number of aryl methyl sites for hydroxylation is 2. The van der Waals surface area contributed by atoms with E-state index in [0.717, 1.165) is 16.8 Å². The SMILES string of the molecule is Cc1cc(C)c(CN)c(Oc2ccc(Br)cc2F)n1. The Morgan fingerprint density at radius 2 is 2.05 bits per heavy atom. The molecule has 1 aromatic heterocycles. The molecule has 0 amide bonds. The first kappa shape index (κ1) is 14.0. The van der Waals surface area contributed by atoms with Gasteiger partial charge < -0.3 is 10.5 Å². The van der Waals surface area contributed by atoms with Gasteiger partial charge in [-0.25, -0.2) is 9.37 Å². The molecular formula is C14H14BrFN2O. The Morgan fingerprint density at radius 1 is 1.32 bits per heavy atom. The molecule has 3 nitrogen and oxygen atoms in total. The van der Waals surface area contributed by atoms with E-state index in [2.05, 4.69) is 20.9 Å². The van der Waals surface area contributed by atoms with Crippen LogP contribution < -0.4 is 10.5 Å². The molecule has 0 saturated carbocycles. The Kier molecular flexibility index (Phi) is 4.17. The minimum absolute atomic E-state index is 0.135. The van der Waals surface area contributed by atoms with Crippen LogP contribution in [0.3, 0.4) is 0 Å². The fraction of sp³-hybridized carbons (Fsp3) is 0.214. The van der Waals surface area contributed by atoms with Gasteiger partial charge in [0.25, 0.3) is 0 Å². The zero-order chi connectivity index (χ0) is 14.0. The molecule has 0 aliphatic rings. The fourth-order valence-corrected chi connectivity index (χ4v) is 2.16. The molecule has 1 heterocycles. The summed E-state index contributed by atoms with van der Waals surface area (Å²) in [6.45, 7) is 4.09. The highest BCUT2D eigenvalue weighted by Gasteiger charge is 2.12. The summed E-state index contributed by atoms with van der Waals surface area (Å²) in [6, 6.07) is 6.54. The highest BCUT2D eigenvalue weighted by Crippen LogP contribution is 2.29. The average molecular weight is 325 g/mol. The summed E-state index contributed by atoms with van der Waals surface area (Å²) in [7, 11) is 0. The van der Waals surface area contributed by atoms with Gasteiger partial charge in [-0.2, -0.15) is 0 Å². The van der Waals surface area contributed by atoms with Gasteiger partial charge in [0.1, 0.15) is 0 Å². The molecule has 0 atom stereocenters. The molecule has 1 aromatic carbocycles. The molecular weight excluding hydrogens is 311 g/mol. The van der Waals surface area contributed by atoms with Gasteiger partial charge >= 0.3 is 0 Å². The third kappa shape index (κ3) is 3.11. The Labute approximate surface area is 119 Å². The number of nitrogens with zero attached hydrogens (tertiary/aromatic N) is 1. The van der Waals surface area contributed by atoms with Crippen LogP contribution >= 0.6 is 15.9 Å². The molecule has 0 aliphatic carbocycles. The lowest BCUT2D eigenvalue weighted by Gasteiger charge is -2.13. The van der Waals surface area contributed by atoms with E-state index in [9.17, 15) is 4.39 Å². The van der Waals surface area contributed by atoms with E-state index in [1.165, 1.54) is 6.07 Å². The maximum atomic E-state index is 13.8. The van der Waals surface area contributed by atoms with Gasteiger partial charge in [0.2, 0.25) is 5.88 Å². The molecule has 2 rings (SSSR count). The molecule has 0 spiro atoms. The van der Waals surface area contributed by atoms with Crippen LogP contribution in [-0.2, 0) is 6.54 Å². The van der Waals surface area contributed by atoms with Gasteiger partial charge in [-0.15, -0.1) is 0 Å². The first-order chi connectivity index (χ1) is 9.01. The van der Waals surface area contributed by atoms with E-state index in [-0.39, 0.29) is 5.75 Å². The number of rotatable bonds is 3. The van der Waals surface area contributed by atoms with Crippen molar-refractivity contribution >= 4 is 15.9 Å². The minimum atomic E-state index is -0.446. The van der Waals surface area contributed by atoms with Crippen molar-refractivity contribution in [1.82, 2.24) is 4.98 Å². The third-order valence-electron chi connectivity index (χ3n) is 2.74. The van der Waals surface area contributed by atoms with Crippen molar-refractivity contribution in [3.05, 3.63) is 51.4 Å². The van der Waals surface area contributed by atoms with Crippen LogP contribution in [0.15, 0.2) is 28.7 Å². The Balaban J connectivity index is 2.42. The Morgan fingerprint density at radius 3 is 2.68 bits per heavy atom. The highest BCUT2D eigenvalue weighted by molar-refractivity contribution is 9.10. The van der Waals surface area contributed by atoms with Crippen molar-refractivity contribution in [2.45, 2.75) is 20.4 Å². The predicted octanol–water partition coefficient (Wildman–Crippen LogP) is 3.85. The molecule has 100 valence electrons. The average Bonchev–Trinajstić information content (AvgIpc) is 2.32. The number of hydrogen-bond donors (Lipinski definition) is 1. The van der Waals surface area contributed by atoms with Crippen molar-refractivity contribution in [3.63, 3.8) is 0 Å². The molecule has 19 heavy (non-hydrogen) atoms. The Hall–Kier alpha value is -1.46. The van der Waals surface area contributed by atoms with Crippen LogP contribution in [0.1, 0.15) is 16.8 Å². The Bertz CT molecular complexity index is 617. The van der Waals surface area contributed by atoms with Crippen molar-refractivity contribution < 1.29 is 9.13 Å². The van der Waals surface area contributed by atoms with Crippen LogP contribution in [0.25, 0.3) is 0 Å². The summed E-state index contributed by atoms with van der Waals surface area (Å²) in [5, 5.41) is 0. The van der Waals surface area contributed by atoms with Crippen LogP contribution in [0.4, 0.5) is 4.39 Å².